The van der Waals surface area contributed by atoms with Gasteiger partial charge in [-0.2, -0.15) is 14.6 Å². The van der Waals surface area contributed by atoms with Gasteiger partial charge in [0.15, 0.2) is 5.65 Å². The van der Waals surface area contributed by atoms with Crippen LogP contribution in [0.2, 0.25) is 0 Å². The van der Waals surface area contributed by atoms with Gasteiger partial charge in [0.1, 0.15) is 5.82 Å². The number of carboxylic acid groups (broad SMARTS) is 1. The SMILES string of the molecule is CNc1nc(C)nc2c(C#CCCCCC(=O)O)cnn12. The van der Waals surface area contributed by atoms with E-state index in [-0.39, 0.29) is 6.42 Å². The quantitative estimate of drug-likeness (QED) is 0.639. The van der Waals surface area contributed by atoms with Gasteiger partial charge in [0, 0.05) is 19.9 Å². The molecule has 0 atom stereocenters. The topological polar surface area (TPSA) is 92.4 Å². The maximum Gasteiger partial charge on any atom is 0.303 e. The molecule has 0 aliphatic rings. The normalized spacial score (nSPS) is 10.2. The summed E-state index contributed by atoms with van der Waals surface area (Å²) in [6.07, 6.45) is 3.93. The number of aryl methyl sites for hydroxylation is 1. The molecule has 0 aliphatic heterocycles. The predicted octanol–water partition coefficient (Wildman–Crippen LogP) is 1.47. The van der Waals surface area contributed by atoms with Crippen LogP contribution in [0.3, 0.4) is 0 Å². The van der Waals surface area contributed by atoms with Crippen molar-refractivity contribution in [2.24, 2.45) is 0 Å². The number of carbonyl (C=O) groups is 1. The number of nitrogens with zero attached hydrogens (tertiary/aromatic N) is 4. The first kappa shape index (κ1) is 14.8. The van der Waals surface area contributed by atoms with Crippen LogP contribution in [0.4, 0.5) is 5.95 Å². The van der Waals surface area contributed by atoms with E-state index in [0.29, 0.717) is 30.3 Å². The fourth-order valence-corrected chi connectivity index (χ4v) is 1.88. The fourth-order valence-electron chi connectivity index (χ4n) is 1.88. The Kier molecular flexibility index (Phi) is 4.72. The summed E-state index contributed by atoms with van der Waals surface area (Å²) in [5.41, 5.74) is 1.42. The Morgan fingerprint density at radius 1 is 1.43 bits per heavy atom. The van der Waals surface area contributed by atoms with Crippen molar-refractivity contribution in [3.8, 4) is 11.8 Å². The molecule has 0 saturated heterocycles. The lowest BCUT2D eigenvalue weighted by molar-refractivity contribution is -0.137. The van der Waals surface area contributed by atoms with E-state index in [1.807, 2.05) is 6.92 Å². The molecular weight excluding hydrogens is 270 g/mol. The maximum atomic E-state index is 10.4. The first-order valence-corrected chi connectivity index (χ1v) is 6.72. The molecule has 2 rings (SSSR count). The molecule has 2 aromatic rings. The first-order chi connectivity index (χ1) is 10.1. The number of unbranched alkanes of at least 4 members (excludes halogenated alkanes) is 2. The minimum Gasteiger partial charge on any atom is -0.481 e. The lowest BCUT2D eigenvalue weighted by Crippen LogP contribution is -2.05. The molecule has 2 N–H and O–H groups in total. The van der Waals surface area contributed by atoms with E-state index in [1.54, 1.807) is 17.8 Å². The fraction of sp³-hybridized carbons (Fsp3) is 0.429. The second-order valence-corrected chi connectivity index (χ2v) is 4.54. The average Bonchev–Trinajstić information content (AvgIpc) is 2.84. The van der Waals surface area contributed by atoms with Gasteiger partial charge < -0.3 is 10.4 Å². The number of rotatable bonds is 5. The highest BCUT2D eigenvalue weighted by Crippen LogP contribution is 2.11. The molecule has 0 spiro atoms. The van der Waals surface area contributed by atoms with Gasteiger partial charge in [-0.3, -0.25) is 4.79 Å². The van der Waals surface area contributed by atoms with Crippen LogP contribution in [0.25, 0.3) is 5.65 Å². The van der Waals surface area contributed by atoms with Crippen molar-refractivity contribution in [1.82, 2.24) is 19.6 Å². The molecule has 0 fully saturated rings. The molecule has 21 heavy (non-hydrogen) atoms. The number of nitrogens with one attached hydrogen (secondary N) is 1. The summed E-state index contributed by atoms with van der Waals surface area (Å²) < 4.78 is 1.61. The van der Waals surface area contributed by atoms with Gasteiger partial charge in [-0.15, -0.1) is 0 Å². The van der Waals surface area contributed by atoms with Gasteiger partial charge in [0.2, 0.25) is 5.95 Å². The molecule has 0 bridgehead atoms. The van der Waals surface area contributed by atoms with Crippen molar-refractivity contribution >= 4 is 17.6 Å². The summed E-state index contributed by atoms with van der Waals surface area (Å²) in [4.78, 5) is 19.0. The second-order valence-electron chi connectivity index (χ2n) is 4.54. The van der Waals surface area contributed by atoms with Crippen molar-refractivity contribution in [1.29, 1.82) is 0 Å². The van der Waals surface area contributed by atoms with Gasteiger partial charge in [-0.25, -0.2) is 4.98 Å². The number of aliphatic carboxylic acids is 1. The standard InChI is InChI=1S/C14H17N5O2/c1-10-17-13-11(7-5-3-4-6-8-12(20)21)9-16-19(13)14(15-2)18-10/h9H,3-4,6,8H2,1-2H3,(H,20,21)(H,15,17,18). The molecule has 0 amide bonds. The Hall–Kier alpha value is -2.62. The summed E-state index contributed by atoms with van der Waals surface area (Å²) in [6, 6.07) is 0. The monoisotopic (exact) mass is 287 g/mol. The zero-order valence-corrected chi connectivity index (χ0v) is 12.1. The van der Waals surface area contributed by atoms with Crippen molar-refractivity contribution in [3.05, 3.63) is 17.6 Å². The Morgan fingerprint density at radius 3 is 2.95 bits per heavy atom. The van der Waals surface area contributed by atoms with E-state index >= 15 is 0 Å². The largest absolute Gasteiger partial charge is 0.481 e. The van der Waals surface area contributed by atoms with Gasteiger partial charge in [0.05, 0.1) is 11.8 Å². The van der Waals surface area contributed by atoms with E-state index < -0.39 is 5.97 Å². The third-order valence-corrected chi connectivity index (χ3v) is 2.87. The molecule has 7 heteroatoms. The summed E-state index contributed by atoms with van der Waals surface area (Å²) in [5, 5.41) is 15.7. The molecule has 2 aromatic heterocycles. The van der Waals surface area contributed by atoms with E-state index in [9.17, 15) is 4.79 Å². The third kappa shape index (κ3) is 3.69. The molecule has 0 aromatic carbocycles. The lowest BCUT2D eigenvalue weighted by atomic mass is 10.2. The highest BCUT2D eigenvalue weighted by Gasteiger charge is 2.08. The summed E-state index contributed by atoms with van der Waals surface area (Å²) in [7, 11) is 1.77. The van der Waals surface area contributed by atoms with E-state index in [1.165, 1.54) is 0 Å². The van der Waals surface area contributed by atoms with E-state index in [0.717, 1.165) is 12.0 Å². The van der Waals surface area contributed by atoms with Crippen LogP contribution in [-0.2, 0) is 4.79 Å². The molecule has 110 valence electrons. The predicted molar refractivity (Wildman–Crippen MR) is 78.0 cm³/mol. The summed E-state index contributed by atoms with van der Waals surface area (Å²) >= 11 is 0. The van der Waals surface area contributed by atoms with Crippen molar-refractivity contribution < 1.29 is 9.90 Å². The van der Waals surface area contributed by atoms with Crippen LogP contribution in [0.1, 0.15) is 37.1 Å². The van der Waals surface area contributed by atoms with Gasteiger partial charge in [0.25, 0.3) is 0 Å². The molecule has 0 saturated carbocycles. The smallest absolute Gasteiger partial charge is 0.303 e. The zero-order valence-electron chi connectivity index (χ0n) is 12.1. The first-order valence-electron chi connectivity index (χ1n) is 6.72. The van der Waals surface area contributed by atoms with Crippen molar-refractivity contribution in [3.63, 3.8) is 0 Å². The van der Waals surface area contributed by atoms with E-state index in [2.05, 4.69) is 32.2 Å². The van der Waals surface area contributed by atoms with Crippen LogP contribution in [0.15, 0.2) is 6.20 Å². The van der Waals surface area contributed by atoms with Crippen LogP contribution in [0.5, 0.6) is 0 Å². The number of hydrogen-bond donors (Lipinski definition) is 2. The molecule has 0 radical (unpaired) electrons. The molecule has 0 aliphatic carbocycles. The van der Waals surface area contributed by atoms with Crippen LogP contribution >= 0.6 is 0 Å². The molecule has 0 unspecified atom stereocenters. The minimum absolute atomic E-state index is 0.191. The average molecular weight is 287 g/mol. The minimum atomic E-state index is -0.766. The highest BCUT2D eigenvalue weighted by atomic mass is 16.4. The molecule has 7 nitrogen and oxygen atoms in total. The van der Waals surface area contributed by atoms with Crippen LogP contribution in [-0.4, -0.2) is 37.7 Å². The highest BCUT2D eigenvalue weighted by molar-refractivity contribution is 5.66. The van der Waals surface area contributed by atoms with Gasteiger partial charge in [-0.05, 0) is 19.8 Å². The summed E-state index contributed by atoms with van der Waals surface area (Å²) in [5.74, 6) is 6.57. The number of carboxylic acids is 1. The summed E-state index contributed by atoms with van der Waals surface area (Å²) in [6.45, 7) is 1.82. The Labute approximate surface area is 122 Å². The maximum absolute atomic E-state index is 10.4. The number of aromatic nitrogens is 4. The molecule has 2 heterocycles. The number of anilines is 1. The van der Waals surface area contributed by atoms with Crippen molar-refractivity contribution in [2.75, 3.05) is 12.4 Å². The van der Waals surface area contributed by atoms with Crippen LogP contribution in [0, 0.1) is 18.8 Å². The zero-order chi connectivity index (χ0) is 15.2. The van der Waals surface area contributed by atoms with Crippen LogP contribution < -0.4 is 5.32 Å². The molecular formula is C14H17N5O2. The Balaban J connectivity index is 2.10. The lowest BCUT2D eigenvalue weighted by Gasteiger charge is -2.02. The van der Waals surface area contributed by atoms with Crippen molar-refractivity contribution in [2.45, 2.75) is 32.6 Å². The third-order valence-electron chi connectivity index (χ3n) is 2.87. The Bertz CT molecular complexity index is 711. The second kappa shape index (κ2) is 6.70. The number of fused-ring (bicyclic) bond motifs is 1. The van der Waals surface area contributed by atoms with Gasteiger partial charge in [-0.1, -0.05) is 11.8 Å². The van der Waals surface area contributed by atoms with E-state index in [4.69, 9.17) is 5.11 Å². The van der Waals surface area contributed by atoms with Gasteiger partial charge >= 0.3 is 5.97 Å². The Morgan fingerprint density at radius 2 is 2.24 bits per heavy atom. The number of hydrogen-bond acceptors (Lipinski definition) is 5.